The van der Waals surface area contributed by atoms with Gasteiger partial charge in [0.25, 0.3) is 5.91 Å². The minimum atomic E-state index is -4.99. The van der Waals surface area contributed by atoms with Crippen molar-refractivity contribution in [1.29, 1.82) is 0 Å². The Morgan fingerprint density at radius 3 is 2.53 bits per heavy atom. The predicted molar refractivity (Wildman–Crippen MR) is 113 cm³/mol. The smallest absolute Gasteiger partial charge is 0.341 e. The fraction of sp³-hybridized carbons (Fsp3) is 0.350. The monoisotopic (exact) mass is 488 g/mol. The highest BCUT2D eigenvalue weighted by molar-refractivity contribution is 7.91. The zero-order chi connectivity index (χ0) is 23.5. The Balaban J connectivity index is 1.65. The number of amides is 1. The number of sulfonamides is 1. The highest BCUT2D eigenvalue weighted by Crippen LogP contribution is 2.25. The van der Waals surface area contributed by atoms with E-state index in [1.165, 1.54) is 16.4 Å². The molecule has 1 heterocycles. The third-order valence-electron chi connectivity index (χ3n) is 5.10. The van der Waals surface area contributed by atoms with Gasteiger partial charge in [-0.15, -0.1) is 0 Å². The summed E-state index contributed by atoms with van der Waals surface area (Å²) in [6.07, 6.45) is 0.511. The van der Waals surface area contributed by atoms with Gasteiger partial charge in [0.05, 0.1) is 23.3 Å². The molecule has 0 saturated carbocycles. The van der Waals surface area contributed by atoms with Crippen LogP contribution in [0.5, 0.6) is 5.75 Å². The van der Waals surface area contributed by atoms with Crippen molar-refractivity contribution in [3.63, 3.8) is 0 Å². The summed E-state index contributed by atoms with van der Waals surface area (Å²) < 4.78 is 81.3. The van der Waals surface area contributed by atoms with Crippen molar-refractivity contribution < 1.29 is 35.1 Å². The lowest BCUT2D eigenvalue weighted by atomic mass is 10.0. The number of methoxy groups -OCH3 is 1. The second-order valence-corrected chi connectivity index (χ2v) is 11.1. The summed E-state index contributed by atoms with van der Waals surface area (Å²) >= 11 is 0. The first-order chi connectivity index (χ1) is 15.1. The summed E-state index contributed by atoms with van der Waals surface area (Å²) in [5, 5.41) is 2.31. The summed E-state index contributed by atoms with van der Waals surface area (Å²) in [6, 6.07) is 9.97. The van der Waals surface area contributed by atoms with Gasteiger partial charge in [-0.05, 0) is 41.8 Å². The van der Waals surface area contributed by atoms with E-state index >= 15 is 0 Å². The van der Waals surface area contributed by atoms with E-state index in [9.17, 15) is 30.4 Å². The highest BCUT2D eigenvalue weighted by atomic mass is 32.2. The predicted octanol–water partition coefficient (Wildman–Crippen LogP) is 1.81. The molecule has 0 bridgehead atoms. The topological polar surface area (TPSA) is 110 Å². The van der Waals surface area contributed by atoms with Crippen LogP contribution in [0.2, 0.25) is 0 Å². The van der Waals surface area contributed by atoms with Crippen molar-refractivity contribution >= 4 is 25.8 Å². The van der Waals surface area contributed by atoms with Gasteiger partial charge in [0.1, 0.15) is 5.75 Å². The molecule has 32 heavy (non-hydrogen) atoms. The quantitative estimate of drug-likeness (QED) is 0.607. The Bertz CT molecular complexity index is 1220. The molecule has 2 aromatic rings. The molecule has 0 spiro atoms. The van der Waals surface area contributed by atoms with Gasteiger partial charge in [-0.3, -0.25) is 4.79 Å². The van der Waals surface area contributed by atoms with Crippen LogP contribution in [0.3, 0.4) is 0 Å². The number of rotatable bonds is 8. The van der Waals surface area contributed by atoms with E-state index in [0.717, 1.165) is 23.3 Å². The Morgan fingerprint density at radius 1 is 1.12 bits per heavy atom. The first kappa shape index (κ1) is 24.1. The Labute approximate surface area is 185 Å². The number of benzene rings is 2. The van der Waals surface area contributed by atoms with Gasteiger partial charge in [0.2, 0.25) is 19.9 Å². The third kappa shape index (κ3) is 5.08. The normalized spacial score (nSPS) is 14.8. The maximum Gasteiger partial charge on any atom is 0.341 e. The van der Waals surface area contributed by atoms with Crippen LogP contribution in [-0.2, 0) is 32.8 Å². The first-order valence-corrected chi connectivity index (χ1v) is 12.7. The summed E-state index contributed by atoms with van der Waals surface area (Å²) in [5.74, 6) is -4.36. The molecule has 0 unspecified atom stereocenters. The second kappa shape index (κ2) is 9.51. The molecule has 0 fully saturated rings. The molecule has 174 valence electrons. The molecular weight excluding hydrogens is 466 g/mol. The van der Waals surface area contributed by atoms with E-state index in [4.69, 9.17) is 4.74 Å². The summed E-state index contributed by atoms with van der Waals surface area (Å²) in [7, 11) is -7.16. The number of hydrogen-bond acceptors (Lipinski definition) is 6. The number of nitrogens with one attached hydrogen (secondary N) is 1. The van der Waals surface area contributed by atoms with E-state index < -0.39 is 47.7 Å². The number of carbonyl (C=O) groups excluding carboxylic acids is 1. The van der Waals surface area contributed by atoms with Gasteiger partial charge in [0, 0.05) is 19.6 Å². The van der Waals surface area contributed by atoms with Crippen molar-refractivity contribution in [2.24, 2.45) is 0 Å². The van der Waals surface area contributed by atoms with Crippen LogP contribution in [0, 0.1) is 0 Å². The third-order valence-corrected chi connectivity index (χ3v) is 8.36. The van der Waals surface area contributed by atoms with Crippen LogP contribution in [0.25, 0.3) is 0 Å². The second-order valence-electron chi connectivity index (χ2n) is 7.09. The van der Waals surface area contributed by atoms with Crippen LogP contribution in [0.15, 0.2) is 47.4 Å². The summed E-state index contributed by atoms with van der Waals surface area (Å²) in [4.78, 5) is 11.6. The number of nitrogens with zero attached hydrogens (tertiary/aromatic N) is 1. The number of sulfone groups is 1. The minimum Gasteiger partial charge on any atom is -0.497 e. The molecule has 12 heteroatoms. The zero-order valence-electron chi connectivity index (χ0n) is 17.1. The lowest BCUT2D eigenvalue weighted by molar-refractivity contribution is 0.0952. The number of hydrogen-bond donors (Lipinski definition) is 1. The zero-order valence-corrected chi connectivity index (χ0v) is 18.8. The Morgan fingerprint density at radius 2 is 1.84 bits per heavy atom. The van der Waals surface area contributed by atoms with Crippen molar-refractivity contribution in [2.45, 2.75) is 23.6 Å². The lowest BCUT2D eigenvalue weighted by Gasteiger charge is -2.28. The fourth-order valence-electron chi connectivity index (χ4n) is 3.38. The number of fused-ring (bicyclic) bond motifs is 1. The molecule has 0 aliphatic carbocycles. The standard InChI is InChI=1S/C20H22F2N2O6S2/c1-30-16-7-6-15-13-24(10-8-14(15)12-16)31(26,27)11-9-23-19(25)17-4-2-3-5-18(17)32(28,29)20(21)22/h2-7,12,20H,8-11,13H2,1H3,(H,23,25). The minimum absolute atomic E-state index is 0.186. The molecule has 3 rings (SSSR count). The fourth-order valence-corrected chi connectivity index (χ4v) is 5.63. The van der Waals surface area contributed by atoms with Crippen LogP contribution < -0.4 is 10.1 Å². The Hall–Kier alpha value is -2.57. The molecule has 8 nitrogen and oxygen atoms in total. The van der Waals surface area contributed by atoms with Gasteiger partial charge in [-0.2, -0.15) is 13.1 Å². The maximum absolute atomic E-state index is 12.9. The number of alkyl halides is 2. The molecule has 0 aromatic heterocycles. The van der Waals surface area contributed by atoms with Gasteiger partial charge in [0.15, 0.2) is 0 Å². The molecular formula is C20H22F2N2O6S2. The molecule has 0 atom stereocenters. The lowest BCUT2D eigenvalue weighted by Crippen LogP contribution is -2.40. The molecule has 0 saturated heterocycles. The largest absolute Gasteiger partial charge is 0.497 e. The van der Waals surface area contributed by atoms with Crippen molar-refractivity contribution in [3.05, 3.63) is 59.2 Å². The molecule has 0 radical (unpaired) electrons. The average Bonchev–Trinajstić information content (AvgIpc) is 2.77. The van der Waals surface area contributed by atoms with E-state index in [0.29, 0.717) is 12.2 Å². The molecule has 1 aliphatic rings. The molecule has 1 aliphatic heterocycles. The van der Waals surface area contributed by atoms with Crippen molar-refractivity contribution in [2.75, 3.05) is 26.0 Å². The van der Waals surface area contributed by atoms with Crippen LogP contribution in [0.1, 0.15) is 21.5 Å². The van der Waals surface area contributed by atoms with Gasteiger partial charge >= 0.3 is 5.76 Å². The SMILES string of the molecule is COc1ccc2c(c1)CCN(S(=O)(=O)CCNC(=O)c1ccccc1S(=O)(=O)C(F)F)C2. The number of ether oxygens (including phenoxy) is 1. The van der Waals surface area contributed by atoms with Gasteiger partial charge in [-0.25, -0.2) is 16.8 Å². The van der Waals surface area contributed by atoms with Crippen molar-refractivity contribution in [1.82, 2.24) is 9.62 Å². The number of halogens is 2. The Kier molecular flexibility index (Phi) is 7.16. The summed E-state index contributed by atoms with van der Waals surface area (Å²) in [6.45, 7) is 0.146. The average molecular weight is 489 g/mol. The molecule has 2 aromatic carbocycles. The summed E-state index contributed by atoms with van der Waals surface area (Å²) in [5.41, 5.74) is 1.39. The van der Waals surface area contributed by atoms with Crippen molar-refractivity contribution in [3.8, 4) is 5.75 Å². The maximum atomic E-state index is 12.9. The van der Waals surface area contributed by atoms with Crippen LogP contribution in [-0.4, -0.2) is 58.8 Å². The van der Waals surface area contributed by atoms with E-state index in [1.807, 2.05) is 6.07 Å². The molecule has 1 amide bonds. The van der Waals surface area contributed by atoms with E-state index in [-0.39, 0.29) is 19.6 Å². The van der Waals surface area contributed by atoms with Crippen LogP contribution in [0.4, 0.5) is 8.78 Å². The van der Waals surface area contributed by atoms with Crippen LogP contribution >= 0.6 is 0 Å². The first-order valence-electron chi connectivity index (χ1n) is 9.59. The van der Waals surface area contributed by atoms with Gasteiger partial charge < -0.3 is 10.1 Å². The van der Waals surface area contributed by atoms with E-state index in [2.05, 4.69) is 5.32 Å². The van der Waals surface area contributed by atoms with E-state index in [1.54, 1.807) is 19.2 Å². The highest BCUT2D eigenvalue weighted by Gasteiger charge is 2.31. The van der Waals surface area contributed by atoms with Gasteiger partial charge in [-0.1, -0.05) is 18.2 Å². The molecule has 1 N–H and O–H groups in total. The number of carbonyl (C=O) groups is 1.